The Hall–Kier alpha value is -3.44. The molecule has 44 heavy (non-hydrogen) atoms. The lowest BCUT2D eigenvalue weighted by Crippen LogP contribution is -2.57. The first-order chi connectivity index (χ1) is 21.0. The number of carbonyl (C=O) groups is 1. The third-order valence-electron chi connectivity index (χ3n) is 8.70. The fourth-order valence-electron chi connectivity index (χ4n) is 6.63. The van der Waals surface area contributed by atoms with Crippen LogP contribution in [0, 0.1) is 0 Å². The van der Waals surface area contributed by atoms with Crippen molar-refractivity contribution in [3.63, 3.8) is 0 Å². The molecule has 0 saturated carbocycles. The van der Waals surface area contributed by atoms with E-state index in [0.717, 1.165) is 53.5 Å². The van der Waals surface area contributed by atoms with Gasteiger partial charge in [-0.15, -0.1) is 0 Å². The van der Waals surface area contributed by atoms with E-state index in [9.17, 15) is 13.6 Å². The fraction of sp³-hybridized carbons (Fsp3) is 0.576. The van der Waals surface area contributed by atoms with E-state index in [1.807, 2.05) is 67.7 Å². The standard InChI is InChI=1S/C33H42F2N4O5/c1-20-14-25-23(11-12-27-26(25)16-36-39(27)30-8-6-7-13-42-30)31(38(20)19-29(34)35)24-10-9-21(15-28(24)41-5)43-22-17-37(18-22)32(40)44-33(2,3)4/h9-12,15-16,20,22,29-31H,6-8,13-14,17-19H2,1-5H3/t20-,30?,31+/m1/s1. The third kappa shape index (κ3) is 6.08. The van der Waals surface area contributed by atoms with Gasteiger partial charge in [0.25, 0.3) is 6.43 Å². The van der Waals surface area contributed by atoms with Crippen LogP contribution in [-0.4, -0.2) is 83.2 Å². The molecule has 3 aromatic rings. The number of benzene rings is 2. The number of hydrogen-bond acceptors (Lipinski definition) is 7. The quantitative estimate of drug-likeness (QED) is 0.308. The maximum atomic E-state index is 14.0. The summed E-state index contributed by atoms with van der Waals surface area (Å²) in [6, 6.07) is 9.07. The molecule has 0 radical (unpaired) electrons. The number of amides is 1. The van der Waals surface area contributed by atoms with Crippen LogP contribution in [0.25, 0.3) is 10.9 Å². The molecule has 2 saturated heterocycles. The largest absolute Gasteiger partial charge is 0.496 e. The van der Waals surface area contributed by atoms with Crippen LogP contribution in [0.15, 0.2) is 36.5 Å². The highest BCUT2D eigenvalue weighted by Crippen LogP contribution is 2.45. The molecule has 3 aliphatic rings. The van der Waals surface area contributed by atoms with Crippen molar-refractivity contribution in [3.8, 4) is 11.5 Å². The Morgan fingerprint density at radius 2 is 1.91 bits per heavy atom. The van der Waals surface area contributed by atoms with E-state index in [0.29, 0.717) is 31.0 Å². The van der Waals surface area contributed by atoms with Crippen molar-refractivity contribution in [3.05, 3.63) is 53.2 Å². The second-order valence-electron chi connectivity index (χ2n) is 13.0. The Bertz CT molecular complexity index is 1490. The first-order valence-electron chi connectivity index (χ1n) is 15.5. The second kappa shape index (κ2) is 12.2. The van der Waals surface area contributed by atoms with Crippen molar-refractivity contribution >= 4 is 17.0 Å². The number of ether oxygens (including phenoxy) is 4. The average molecular weight is 613 g/mol. The van der Waals surface area contributed by atoms with Crippen molar-refractivity contribution in [1.29, 1.82) is 0 Å². The molecule has 1 amide bonds. The second-order valence-corrected chi connectivity index (χ2v) is 13.0. The molecule has 11 heteroatoms. The molecule has 3 aliphatic heterocycles. The summed E-state index contributed by atoms with van der Waals surface area (Å²) in [6.45, 7) is 8.72. The monoisotopic (exact) mass is 612 g/mol. The Balaban J connectivity index is 1.29. The fourth-order valence-corrected chi connectivity index (χ4v) is 6.63. The number of carbonyl (C=O) groups excluding carboxylic acids is 1. The summed E-state index contributed by atoms with van der Waals surface area (Å²) < 4.78 is 53.4. The number of nitrogens with zero attached hydrogens (tertiary/aromatic N) is 4. The highest BCUT2D eigenvalue weighted by molar-refractivity contribution is 5.84. The topological polar surface area (TPSA) is 78.3 Å². The summed E-state index contributed by atoms with van der Waals surface area (Å²) in [6.07, 6.45) is 2.48. The van der Waals surface area contributed by atoms with E-state index in [2.05, 4.69) is 6.07 Å². The molecule has 9 nitrogen and oxygen atoms in total. The van der Waals surface area contributed by atoms with Crippen LogP contribution in [0.1, 0.15) is 75.9 Å². The maximum absolute atomic E-state index is 14.0. The Kier molecular flexibility index (Phi) is 8.45. The Morgan fingerprint density at radius 3 is 2.59 bits per heavy atom. The highest BCUT2D eigenvalue weighted by Gasteiger charge is 2.39. The van der Waals surface area contributed by atoms with Crippen LogP contribution in [0.3, 0.4) is 0 Å². The van der Waals surface area contributed by atoms with Gasteiger partial charge in [-0.05, 0) is 82.7 Å². The van der Waals surface area contributed by atoms with Gasteiger partial charge in [0.05, 0.1) is 44.5 Å². The number of hydrogen-bond donors (Lipinski definition) is 0. The van der Waals surface area contributed by atoms with Gasteiger partial charge in [0.2, 0.25) is 0 Å². The van der Waals surface area contributed by atoms with Crippen LogP contribution >= 0.6 is 0 Å². The van der Waals surface area contributed by atoms with Crippen molar-refractivity contribution in [2.75, 3.05) is 33.4 Å². The van der Waals surface area contributed by atoms with Crippen molar-refractivity contribution < 1.29 is 32.5 Å². The van der Waals surface area contributed by atoms with Crippen LogP contribution in [0.2, 0.25) is 0 Å². The number of halogens is 2. The van der Waals surface area contributed by atoms with Gasteiger partial charge in [-0.25, -0.2) is 18.3 Å². The molecular formula is C33H42F2N4O5. The number of aromatic nitrogens is 2. The molecule has 0 spiro atoms. The molecule has 0 N–H and O–H groups in total. The molecule has 238 valence electrons. The summed E-state index contributed by atoms with van der Waals surface area (Å²) in [5, 5.41) is 5.75. The molecule has 1 unspecified atom stereocenters. The van der Waals surface area contributed by atoms with Gasteiger partial charge < -0.3 is 23.8 Å². The van der Waals surface area contributed by atoms with Crippen molar-refractivity contribution in [2.45, 2.75) is 89.8 Å². The summed E-state index contributed by atoms with van der Waals surface area (Å²) in [5.74, 6) is 1.15. The Labute approximate surface area is 257 Å². The summed E-state index contributed by atoms with van der Waals surface area (Å²) in [7, 11) is 1.58. The van der Waals surface area contributed by atoms with Gasteiger partial charge in [0, 0.05) is 29.7 Å². The first-order valence-corrected chi connectivity index (χ1v) is 15.5. The van der Waals surface area contributed by atoms with Crippen LogP contribution < -0.4 is 9.47 Å². The van der Waals surface area contributed by atoms with Crippen LogP contribution in [0.4, 0.5) is 13.6 Å². The van der Waals surface area contributed by atoms with Crippen molar-refractivity contribution in [2.24, 2.45) is 0 Å². The normalized spacial score (nSPS) is 23.0. The van der Waals surface area contributed by atoms with Gasteiger partial charge >= 0.3 is 6.09 Å². The predicted octanol–water partition coefficient (Wildman–Crippen LogP) is 6.34. The van der Waals surface area contributed by atoms with Gasteiger partial charge in [0.1, 0.15) is 23.2 Å². The molecule has 3 atom stereocenters. The van der Waals surface area contributed by atoms with Crippen molar-refractivity contribution in [1.82, 2.24) is 19.6 Å². The van der Waals surface area contributed by atoms with Gasteiger partial charge in [-0.3, -0.25) is 4.90 Å². The van der Waals surface area contributed by atoms with Gasteiger partial charge in [-0.2, -0.15) is 5.10 Å². The Morgan fingerprint density at radius 1 is 1.14 bits per heavy atom. The van der Waals surface area contributed by atoms with E-state index >= 15 is 0 Å². The summed E-state index contributed by atoms with van der Waals surface area (Å²) in [5.41, 5.74) is 3.32. The van der Waals surface area contributed by atoms with E-state index in [1.165, 1.54) is 0 Å². The van der Waals surface area contributed by atoms with E-state index in [-0.39, 0.29) is 31.0 Å². The molecule has 2 aromatic carbocycles. The summed E-state index contributed by atoms with van der Waals surface area (Å²) >= 11 is 0. The van der Waals surface area contributed by atoms with Gasteiger partial charge in [-0.1, -0.05) is 6.07 Å². The zero-order valence-corrected chi connectivity index (χ0v) is 26.1. The first kappa shape index (κ1) is 30.6. The SMILES string of the molecule is COc1cc(OC2CN(C(=O)OC(C)(C)C)C2)ccc1[C@@H]1c2ccc3c(cnn3C3CCCCO3)c2C[C@@H](C)N1CC(F)F. The highest BCUT2D eigenvalue weighted by atomic mass is 19.3. The molecule has 0 bridgehead atoms. The van der Waals surface area contributed by atoms with Crippen LogP contribution in [0.5, 0.6) is 11.5 Å². The summed E-state index contributed by atoms with van der Waals surface area (Å²) in [4.78, 5) is 15.8. The van der Waals surface area contributed by atoms with Gasteiger partial charge in [0.15, 0.2) is 6.23 Å². The molecule has 6 rings (SSSR count). The van der Waals surface area contributed by atoms with E-state index in [1.54, 1.807) is 12.0 Å². The predicted molar refractivity (Wildman–Crippen MR) is 162 cm³/mol. The maximum Gasteiger partial charge on any atom is 0.410 e. The van der Waals surface area contributed by atoms with E-state index < -0.39 is 18.1 Å². The third-order valence-corrected chi connectivity index (χ3v) is 8.70. The minimum absolute atomic E-state index is 0.0917. The lowest BCUT2D eigenvalue weighted by molar-refractivity contribution is -0.0366. The van der Waals surface area contributed by atoms with Crippen LogP contribution in [-0.2, 0) is 15.9 Å². The molecular weight excluding hydrogens is 570 g/mol. The molecule has 0 aliphatic carbocycles. The lowest BCUT2D eigenvalue weighted by atomic mass is 9.83. The number of fused-ring (bicyclic) bond motifs is 3. The minimum Gasteiger partial charge on any atom is -0.496 e. The number of rotatable bonds is 7. The minimum atomic E-state index is -2.49. The average Bonchev–Trinajstić information content (AvgIpc) is 3.39. The molecule has 1 aromatic heterocycles. The molecule has 2 fully saturated rings. The van der Waals surface area contributed by atoms with E-state index in [4.69, 9.17) is 24.0 Å². The lowest BCUT2D eigenvalue weighted by Gasteiger charge is -2.43. The molecule has 4 heterocycles. The number of methoxy groups -OCH3 is 1. The smallest absolute Gasteiger partial charge is 0.410 e. The zero-order valence-electron chi connectivity index (χ0n) is 26.1. The number of alkyl halides is 2. The zero-order chi connectivity index (χ0) is 31.2. The number of likely N-dealkylation sites (tertiary alicyclic amines) is 1.